The molecule has 1 aromatic heterocycles. The molecule has 0 spiro atoms. The number of rotatable bonds is 5. The normalized spacial score (nSPS) is 20.4. The lowest BCUT2D eigenvalue weighted by Gasteiger charge is -2.32. The van der Waals surface area contributed by atoms with E-state index in [9.17, 15) is 4.79 Å². The molecule has 1 aliphatic rings. The number of likely N-dealkylation sites (N-methyl/N-ethyl adjacent to an activating group) is 1. The molecule has 2 heterocycles. The maximum Gasteiger partial charge on any atom is 0.261 e. The molecule has 0 saturated carbocycles. The van der Waals surface area contributed by atoms with Crippen LogP contribution in [0, 0.1) is 5.92 Å². The van der Waals surface area contributed by atoms with Crippen LogP contribution >= 0.6 is 23.2 Å². The second-order valence-corrected chi connectivity index (χ2v) is 8.78. The molecule has 1 aliphatic heterocycles. The Hall–Kier alpha value is -1.14. The second kappa shape index (κ2) is 9.12. The number of benzene rings is 1. The molecule has 0 aliphatic carbocycles. The van der Waals surface area contributed by atoms with Gasteiger partial charge < -0.3 is 4.90 Å². The molecule has 154 valence electrons. The first-order valence-electron chi connectivity index (χ1n) is 10.2. The number of hydrogen-bond acceptors (Lipinski definition) is 4. The predicted molar refractivity (Wildman–Crippen MR) is 118 cm³/mol. The summed E-state index contributed by atoms with van der Waals surface area (Å²) in [5.41, 5.74) is 0.586. The number of halogens is 2. The summed E-state index contributed by atoms with van der Waals surface area (Å²) in [5, 5.41) is 1.34. The fourth-order valence-corrected chi connectivity index (χ4v) is 4.62. The van der Waals surface area contributed by atoms with Crippen LogP contribution in [-0.2, 0) is 6.54 Å². The highest BCUT2D eigenvalue weighted by Crippen LogP contribution is 2.30. The van der Waals surface area contributed by atoms with Crippen LogP contribution in [0.25, 0.3) is 10.9 Å². The van der Waals surface area contributed by atoms with Gasteiger partial charge in [0, 0.05) is 32.7 Å². The van der Waals surface area contributed by atoms with E-state index in [-0.39, 0.29) is 11.6 Å². The number of hydrogen-bond donors (Lipinski definition) is 0. The summed E-state index contributed by atoms with van der Waals surface area (Å²) in [6.45, 7) is 11.2. The van der Waals surface area contributed by atoms with Gasteiger partial charge in [-0.1, -0.05) is 43.5 Å². The maximum atomic E-state index is 13.2. The summed E-state index contributed by atoms with van der Waals surface area (Å²) in [6.07, 6.45) is 2.00. The van der Waals surface area contributed by atoms with Gasteiger partial charge in [-0.25, -0.2) is 4.98 Å². The average Bonchev–Trinajstić information content (AvgIpc) is 2.81. The molecule has 2 atom stereocenters. The lowest BCUT2D eigenvalue weighted by atomic mass is 10.1. The van der Waals surface area contributed by atoms with Crippen LogP contribution in [0.1, 0.15) is 45.5 Å². The molecule has 7 heteroatoms. The van der Waals surface area contributed by atoms with Gasteiger partial charge in [0.05, 0.1) is 27.0 Å². The van der Waals surface area contributed by atoms with Crippen molar-refractivity contribution in [3.63, 3.8) is 0 Å². The Morgan fingerprint density at radius 1 is 1.18 bits per heavy atom. The molecule has 0 unspecified atom stereocenters. The summed E-state index contributed by atoms with van der Waals surface area (Å²) >= 11 is 12.4. The molecule has 0 radical (unpaired) electrons. The zero-order chi connectivity index (χ0) is 20.4. The van der Waals surface area contributed by atoms with E-state index in [0.29, 0.717) is 33.4 Å². The lowest BCUT2D eigenvalue weighted by molar-refractivity contribution is 0.167. The minimum atomic E-state index is -0.0397. The quantitative estimate of drug-likeness (QED) is 0.710. The fraction of sp³-hybridized carbons (Fsp3) is 0.619. The van der Waals surface area contributed by atoms with Gasteiger partial charge in [-0.05, 0) is 38.4 Å². The molecule has 2 aromatic rings. The minimum Gasteiger partial charge on any atom is -0.305 e. The summed E-state index contributed by atoms with van der Waals surface area (Å²) < 4.78 is 1.81. The van der Waals surface area contributed by atoms with Crippen LogP contribution in [0.15, 0.2) is 16.9 Å². The summed E-state index contributed by atoms with van der Waals surface area (Å²) in [6, 6.07) is 3.47. The summed E-state index contributed by atoms with van der Waals surface area (Å²) in [4.78, 5) is 23.1. The molecule has 5 nitrogen and oxygen atoms in total. The smallest absolute Gasteiger partial charge is 0.261 e. The van der Waals surface area contributed by atoms with Gasteiger partial charge >= 0.3 is 0 Å². The van der Waals surface area contributed by atoms with Crippen molar-refractivity contribution in [2.24, 2.45) is 5.92 Å². The monoisotopic (exact) mass is 424 g/mol. The van der Waals surface area contributed by atoms with Gasteiger partial charge in [-0.15, -0.1) is 0 Å². The molecule has 0 amide bonds. The van der Waals surface area contributed by atoms with Crippen molar-refractivity contribution in [3.05, 3.63) is 38.4 Å². The number of fused-ring (bicyclic) bond motifs is 1. The third-order valence-corrected chi connectivity index (χ3v) is 6.30. The van der Waals surface area contributed by atoms with Crippen LogP contribution in [0.2, 0.25) is 10.0 Å². The Morgan fingerprint density at radius 3 is 2.57 bits per heavy atom. The van der Waals surface area contributed by atoms with E-state index in [4.69, 9.17) is 28.2 Å². The van der Waals surface area contributed by atoms with Gasteiger partial charge in [0.25, 0.3) is 5.56 Å². The van der Waals surface area contributed by atoms with Crippen LogP contribution in [0.3, 0.4) is 0 Å². The van der Waals surface area contributed by atoms with Crippen LogP contribution < -0.4 is 5.56 Å². The third-order valence-electron chi connectivity index (χ3n) is 5.58. The topological polar surface area (TPSA) is 41.4 Å². The number of aromatic nitrogens is 2. The molecule has 0 bridgehead atoms. The zero-order valence-corrected chi connectivity index (χ0v) is 18.7. The summed E-state index contributed by atoms with van der Waals surface area (Å²) in [5.74, 6) is 1.42. The van der Waals surface area contributed by atoms with E-state index in [2.05, 4.69) is 30.7 Å². The maximum absolute atomic E-state index is 13.2. The molecular formula is C21H30Cl2N4O. The van der Waals surface area contributed by atoms with Crippen molar-refractivity contribution in [2.45, 2.75) is 46.2 Å². The molecule has 3 rings (SSSR count). The van der Waals surface area contributed by atoms with E-state index >= 15 is 0 Å². The molecule has 28 heavy (non-hydrogen) atoms. The van der Waals surface area contributed by atoms with Crippen LogP contribution in [0.4, 0.5) is 0 Å². The van der Waals surface area contributed by atoms with Crippen molar-refractivity contribution < 1.29 is 0 Å². The Balaban J connectivity index is 2.14. The largest absolute Gasteiger partial charge is 0.305 e. The predicted octanol–water partition coefficient (Wildman–Crippen LogP) is 4.45. The van der Waals surface area contributed by atoms with Crippen LogP contribution in [-0.4, -0.2) is 52.6 Å². The van der Waals surface area contributed by atoms with Gasteiger partial charge in [-0.2, -0.15) is 0 Å². The first-order chi connectivity index (χ1) is 13.3. The molecule has 1 aromatic carbocycles. The Bertz CT molecular complexity index is 898. The van der Waals surface area contributed by atoms with Crippen molar-refractivity contribution in [1.82, 2.24) is 19.4 Å². The van der Waals surface area contributed by atoms with Gasteiger partial charge in [0.1, 0.15) is 5.82 Å². The minimum absolute atomic E-state index is 0.0397. The number of nitrogens with zero attached hydrogens (tertiary/aromatic N) is 4. The van der Waals surface area contributed by atoms with E-state index < -0.39 is 0 Å². The van der Waals surface area contributed by atoms with E-state index in [1.54, 1.807) is 12.1 Å². The average molecular weight is 425 g/mol. The second-order valence-electron chi connectivity index (χ2n) is 7.97. The molecule has 1 fully saturated rings. The standard InChI is InChI=1S/C21H30Cl2N4O/c1-5-7-19(26-9-8-25(4)12-14(3)13-26)20-24-18-11-17(23)16(22)10-15(18)21(28)27(20)6-2/h10-11,14,19H,5-9,12-13H2,1-4H3/t14-,19+/m0/s1. The Kier molecular flexibility index (Phi) is 7.02. The van der Waals surface area contributed by atoms with E-state index in [1.165, 1.54) is 0 Å². The third kappa shape index (κ3) is 4.38. The van der Waals surface area contributed by atoms with Crippen molar-refractivity contribution in [2.75, 3.05) is 33.2 Å². The fourth-order valence-electron chi connectivity index (χ4n) is 4.30. The van der Waals surface area contributed by atoms with Crippen molar-refractivity contribution in [3.8, 4) is 0 Å². The Morgan fingerprint density at radius 2 is 1.89 bits per heavy atom. The van der Waals surface area contributed by atoms with E-state index in [1.807, 2.05) is 11.5 Å². The first-order valence-corrected chi connectivity index (χ1v) is 10.9. The van der Waals surface area contributed by atoms with Crippen LogP contribution in [0.5, 0.6) is 0 Å². The Labute approximate surface area is 177 Å². The van der Waals surface area contributed by atoms with Crippen molar-refractivity contribution in [1.29, 1.82) is 0 Å². The van der Waals surface area contributed by atoms with Gasteiger partial charge in [-0.3, -0.25) is 14.3 Å². The molecule has 1 saturated heterocycles. The summed E-state index contributed by atoms with van der Waals surface area (Å²) in [7, 11) is 2.18. The van der Waals surface area contributed by atoms with Gasteiger partial charge in [0.15, 0.2) is 0 Å². The highest BCUT2D eigenvalue weighted by atomic mass is 35.5. The SMILES string of the molecule is CCC[C@H](c1nc2cc(Cl)c(Cl)cc2c(=O)n1CC)N1CCN(C)C[C@H](C)C1. The lowest BCUT2D eigenvalue weighted by Crippen LogP contribution is -2.38. The molecule has 0 N–H and O–H groups in total. The van der Waals surface area contributed by atoms with E-state index in [0.717, 1.165) is 44.8 Å². The highest BCUT2D eigenvalue weighted by Gasteiger charge is 2.28. The van der Waals surface area contributed by atoms with Gasteiger partial charge in [0.2, 0.25) is 0 Å². The highest BCUT2D eigenvalue weighted by molar-refractivity contribution is 6.42. The first kappa shape index (κ1) is 21.6. The van der Waals surface area contributed by atoms with Crippen molar-refractivity contribution >= 4 is 34.1 Å². The molecular weight excluding hydrogens is 395 g/mol. The zero-order valence-electron chi connectivity index (χ0n) is 17.2.